The predicted molar refractivity (Wildman–Crippen MR) is 127 cm³/mol. The number of sulfonamides is 1. The maximum atomic E-state index is 13.6. The molecule has 12 heteroatoms. The molecule has 2 aliphatic rings. The summed E-state index contributed by atoms with van der Waals surface area (Å²) in [6.07, 6.45) is 4.40. The van der Waals surface area contributed by atoms with Crippen LogP contribution in [0.2, 0.25) is 0 Å². The van der Waals surface area contributed by atoms with Gasteiger partial charge in [0.2, 0.25) is 5.91 Å². The van der Waals surface area contributed by atoms with E-state index >= 15 is 0 Å². The minimum Gasteiger partial charge on any atom is -0.472 e. The Balaban J connectivity index is 1.56. The summed E-state index contributed by atoms with van der Waals surface area (Å²) in [5.41, 5.74) is -0.331. The molecule has 0 aliphatic carbocycles. The highest BCUT2D eigenvalue weighted by atomic mass is 32.2. The monoisotopic (exact) mass is 516 g/mol. The van der Waals surface area contributed by atoms with Gasteiger partial charge in [0, 0.05) is 12.7 Å². The number of ketones is 1. The van der Waals surface area contributed by atoms with Crippen LogP contribution in [0.15, 0.2) is 47.4 Å². The topological polar surface area (TPSA) is 147 Å². The standard InChI is InChI=1S/C24H28N4O7S/c1-24(2,3)12-17(26-21(30)15-8-11-35-14-15)22(31)27-10-7-18-20(27)19(29)13-28(18)36(33,34)23(32)16-6-4-5-9-25-16/h4-6,8-9,11,14,17-18,20H,7,10,12-13H2,1-3H3,(H,26,30). The zero-order chi connectivity index (χ0) is 26.3. The van der Waals surface area contributed by atoms with Crippen molar-refractivity contribution in [3.8, 4) is 0 Å². The summed E-state index contributed by atoms with van der Waals surface area (Å²) in [5, 5.41) is 1.54. The van der Waals surface area contributed by atoms with Gasteiger partial charge in [0.1, 0.15) is 24.0 Å². The van der Waals surface area contributed by atoms with Gasteiger partial charge >= 0.3 is 5.12 Å². The van der Waals surface area contributed by atoms with E-state index in [1.54, 1.807) is 6.07 Å². The largest absolute Gasteiger partial charge is 0.472 e. The Morgan fingerprint density at radius 3 is 2.58 bits per heavy atom. The number of fused-ring (bicyclic) bond motifs is 1. The fourth-order valence-corrected chi connectivity index (χ4v) is 6.18. The van der Waals surface area contributed by atoms with Crippen LogP contribution in [0.5, 0.6) is 0 Å². The Morgan fingerprint density at radius 2 is 1.97 bits per heavy atom. The van der Waals surface area contributed by atoms with Crippen molar-refractivity contribution >= 4 is 32.7 Å². The Hall–Kier alpha value is -3.38. The van der Waals surface area contributed by atoms with Crippen molar-refractivity contribution < 1.29 is 32.0 Å². The molecule has 2 aliphatic heterocycles. The van der Waals surface area contributed by atoms with Crippen molar-refractivity contribution in [1.82, 2.24) is 19.5 Å². The first-order chi connectivity index (χ1) is 16.9. The minimum atomic E-state index is -4.53. The number of nitrogens with zero attached hydrogens (tertiary/aromatic N) is 3. The van der Waals surface area contributed by atoms with Gasteiger partial charge in [-0.15, -0.1) is 0 Å². The summed E-state index contributed by atoms with van der Waals surface area (Å²) in [6.45, 7) is 5.37. The third-order valence-corrected chi connectivity index (χ3v) is 7.98. The number of aromatic nitrogens is 1. The molecule has 4 heterocycles. The molecule has 0 saturated carbocycles. The minimum absolute atomic E-state index is 0.117. The normalized spacial score (nSPS) is 21.3. The molecular weight excluding hydrogens is 488 g/mol. The fourth-order valence-electron chi connectivity index (χ4n) is 4.71. The van der Waals surface area contributed by atoms with Crippen molar-refractivity contribution in [1.29, 1.82) is 0 Å². The number of amides is 2. The second-order valence-corrected chi connectivity index (χ2v) is 11.9. The zero-order valence-corrected chi connectivity index (χ0v) is 21.0. The maximum absolute atomic E-state index is 13.6. The molecular formula is C24H28N4O7S. The summed E-state index contributed by atoms with van der Waals surface area (Å²) in [5.74, 6) is -1.44. The molecule has 192 valence electrons. The van der Waals surface area contributed by atoms with Gasteiger partial charge in [0.25, 0.3) is 15.9 Å². The van der Waals surface area contributed by atoms with Crippen molar-refractivity contribution in [3.63, 3.8) is 0 Å². The van der Waals surface area contributed by atoms with Gasteiger partial charge < -0.3 is 14.6 Å². The van der Waals surface area contributed by atoms with Crippen LogP contribution in [0.25, 0.3) is 0 Å². The van der Waals surface area contributed by atoms with Gasteiger partial charge in [-0.25, -0.2) is 8.42 Å². The lowest BCUT2D eigenvalue weighted by atomic mass is 9.87. The molecule has 3 unspecified atom stereocenters. The molecule has 2 aromatic rings. The van der Waals surface area contributed by atoms with Crippen LogP contribution in [-0.2, 0) is 19.6 Å². The lowest BCUT2D eigenvalue weighted by Crippen LogP contribution is -2.53. The first-order valence-corrected chi connectivity index (χ1v) is 13.0. The molecule has 36 heavy (non-hydrogen) atoms. The fraction of sp³-hybridized carbons (Fsp3) is 0.458. The molecule has 2 fully saturated rings. The zero-order valence-electron chi connectivity index (χ0n) is 20.2. The summed E-state index contributed by atoms with van der Waals surface area (Å²) >= 11 is 0. The lowest BCUT2D eigenvalue weighted by molar-refractivity contribution is -0.138. The van der Waals surface area contributed by atoms with Gasteiger partial charge in [-0.3, -0.25) is 24.2 Å². The first-order valence-electron chi connectivity index (χ1n) is 11.5. The Labute approximate surface area is 208 Å². The van der Waals surface area contributed by atoms with E-state index in [0.717, 1.165) is 4.31 Å². The Kier molecular flexibility index (Phi) is 6.84. The first kappa shape index (κ1) is 25.7. The van der Waals surface area contributed by atoms with Crippen molar-refractivity contribution in [2.75, 3.05) is 13.1 Å². The van der Waals surface area contributed by atoms with Crippen LogP contribution in [0.1, 0.15) is 54.5 Å². The summed E-state index contributed by atoms with van der Waals surface area (Å²) < 4.78 is 32.1. The van der Waals surface area contributed by atoms with E-state index in [0.29, 0.717) is 0 Å². The number of hydrogen-bond acceptors (Lipinski definition) is 8. The van der Waals surface area contributed by atoms with Crippen LogP contribution in [-0.4, -0.2) is 76.5 Å². The number of hydrogen-bond donors (Lipinski definition) is 1. The molecule has 0 bridgehead atoms. The van der Waals surface area contributed by atoms with E-state index in [4.69, 9.17) is 4.42 Å². The van der Waals surface area contributed by atoms with E-state index in [9.17, 15) is 27.6 Å². The molecule has 0 radical (unpaired) electrons. The number of furan rings is 1. The number of likely N-dealkylation sites (tertiary alicyclic amines) is 1. The van der Waals surface area contributed by atoms with E-state index in [1.807, 2.05) is 20.8 Å². The summed E-state index contributed by atoms with van der Waals surface area (Å²) in [6, 6.07) is 2.98. The Bertz CT molecular complexity index is 1270. The second-order valence-electron chi connectivity index (χ2n) is 10.2. The molecule has 4 rings (SSSR count). The number of Topliss-reactive ketones (excluding diaryl/α,β-unsaturated/α-hetero) is 1. The smallest absolute Gasteiger partial charge is 0.310 e. The highest BCUT2D eigenvalue weighted by molar-refractivity contribution is 8.04. The van der Waals surface area contributed by atoms with Gasteiger partial charge in [0.05, 0.1) is 24.4 Å². The lowest BCUT2D eigenvalue weighted by Gasteiger charge is -2.31. The van der Waals surface area contributed by atoms with Crippen LogP contribution in [0, 0.1) is 5.41 Å². The van der Waals surface area contributed by atoms with Crippen LogP contribution in [0.3, 0.4) is 0 Å². The predicted octanol–water partition coefficient (Wildman–Crippen LogP) is 1.23. The number of carbonyl (C=O) groups excluding carboxylic acids is 4. The van der Waals surface area contributed by atoms with Crippen molar-refractivity contribution in [2.24, 2.45) is 5.41 Å². The summed E-state index contributed by atoms with van der Waals surface area (Å²) in [7, 11) is -4.53. The van der Waals surface area contributed by atoms with Gasteiger partial charge in [0.15, 0.2) is 5.78 Å². The third kappa shape index (κ3) is 4.96. The second kappa shape index (κ2) is 9.58. The average Bonchev–Trinajstić information content (AvgIpc) is 3.56. The SMILES string of the molecule is CC(C)(C)CC(NC(=O)c1ccoc1)C(=O)N1CCC2C1C(=O)CN2S(=O)(=O)C(=O)c1ccccn1. The Morgan fingerprint density at radius 1 is 1.22 bits per heavy atom. The molecule has 0 aromatic carbocycles. The van der Waals surface area contributed by atoms with Crippen LogP contribution >= 0.6 is 0 Å². The molecule has 2 amide bonds. The van der Waals surface area contributed by atoms with Crippen molar-refractivity contribution in [3.05, 3.63) is 54.2 Å². The number of rotatable bonds is 6. The van der Waals surface area contributed by atoms with Gasteiger partial charge in [-0.1, -0.05) is 26.8 Å². The van der Waals surface area contributed by atoms with E-state index in [-0.39, 0.29) is 36.1 Å². The molecule has 2 aromatic heterocycles. The molecule has 11 nitrogen and oxygen atoms in total. The molecule has 0 spiro atoms. The van der Waals surface area contributed by atoms with Crippen LogP contribution in [0.4, 0.5) is 0 Å². The van der Waals surface area contributed by atoms with Crippen LogP contribution < -0.4 is 5.32 Å². The van der Waals surface area contributed by atoms with E-state index in [1.165, 1.54) is 41.8 Å². The molecule has 1 N–H and O–H groups in total. The van der Waals surface area contributed by atoms with Crippen molar-refractivity contribution in [2.45, 2.75) is 51.7 Å². The number of carbonyl (C=O) groups is 4. The van der Waals surface area contributed by atoms with E-state index in [2.05, 4.69) is 10.3 Å². The van der Waals surface area contributed by atoms with E-state index < -0.39 is 57.4 Å². The molecule has 3 atom stereocenters. The highest BCUT2D eigenvalue weighted by Gasteiger charge is 2.55. The highest BCUT2D eigenvalue weighted by Crippen LogP contribution is 2.34. The third-order valence-electron chi connectivity index (χ3n) is 6.28. The summed E-state index contributed by atoms with van der Waals surface area (Å²) in [4.78, 5) is 57.1. The van der Waals surface area contributed by atoms with Gasteiger partial charge in [-0.05, 0) is 36.5 Å². The average molecular weight is 517 g/mol. The molecule has 2 saturated heterocycles. The maximum Gasteiger partial charge on any atom is 0.310 e. The van der Waals surface area contributed by atoms with Gasteiger partial charge in [-0.2, -0.15) is 4.31 Å². The number of pyridine rings is 1. The quantitative estimate of drug-likeness (QED) is 0.603. The number of nitrogens with one attached hydrogen (secondary N) is 1.